The number of halogens is 1. The number of aryl methyl sites for hydroxylation is 1. The van der Waals surface area contributed by atoms with E-state index in [2.05, 4.69) is 27.5 Å². The van der Waals surface area contributed by atoms with Crippen molar-refractivity contribution in [3.05, 3.63) is 88.0 Å². The highest BCUT2D eigenvalue weighted by molar-refractivity contribution is 7.20. The van der Waals surface area contributed by atoms with Crippen molar-refractivity contribution < 1.29 is 9.18 Å². The predicted octanol–water partition coefficient (Wildman–Crippen LogP) is 5.97. The maximum atomic E-state index is 13.1. The van der Waals surface area contributed by atoms with E-state index in [4.69, 9.17) is 0 Å². The Labute approximate surface area is 185 Å². The first-order valence-electron chi connectivity index (χ1n) is 9.60. The van der Waals surface area contributed by atoms with Crippen LogP contribution in [0.3, 0.4) is 0 Å². The molecule has 5 rings (SSSR count). The van der Waals surface area contributed by atoms with Crippen LogP contribution in [0.4, 0.5) is 9.52 Å². The summed E-state index contributed by atoms with van der Waals surface area (Å²) in [5.74, 6) is -0.495. The van der Waals surface area contributed by atoms with Crippen molar-refractivity contribution in [2.24, 2.45) is 0 Å². The second-order valence-corrected chi connectivity index (χ2v) is 8.95. The van der Waals surface area contributed by atoms with Crippen LogP contribution in [0.5, 0.6) is 0 Å². The van der Waals surface area contributed by atoms with Gasteiger partial charge in [-0.15, -0.1) is 22.7 Å². The Morgan fingerprint density at radius 1 is 1.13 bits per heavy atom. The fraction of sp³-hybridized carbons (Fsp3) is 0.0870. The van der Waals surface area contributed by atoms with Crippen molar-refractivity contribution in [3.63, 3.8) is 0 Å². The topological polar surface area (TPSA) is 59.8 Å². The summed E-state index contributed by atoms with van der Waals surface area (Å²) < 4.78 is 15.1. The van der Waals surface area contributed by atoms with Crippen LogP contribution in [0.25, 0.3) is 21.5 Å². The predicted molar refractivity (Wildman–Crippen MR) is 123 cm³/mol. The minimum absolute atomic E-state index is 0.202. The molecule has 0 radical (unpaired) electrons. The van der Waals surface area contributed by atoms with Crippen LogP contribution in [0.1, 0.15) is 20.9 Å². The third-order valence-electron chi connectivity index (χ3n) is 4.87. The standard InChI is InChI=1S/C23H17FN4OS2/c1-14-18-11-20(31-22(18)28(27-14)12-15-5-3-2-4-6-15)21(29)26-23-25-19(13-30-23)16-7-9-17(24)10-8-16/h2-11,13H,12H2,1H3,(H,25,26,29). The SMILES string of the molecule is Cc1nn(Cc2ccccc2)c2sc(C(=O)Nc3nc(-c4ccc(F)cc4)cs3)cc12. The number of thiophene rings is 1. The molecule has 5 aromatic rings. The van der Waals surface area contributed by atoms with Crippen LogP contribution in [0, 0.1) is 12.7 Å². The first-order chi connectivity index (χ1) is 15.1. The van der Waals surface area contributed by atoms with Gasteiger partial charge in [-0.3, -0.25) is 14.8 Å². The van der Waals surface area contributed by atoms with Crippen molar-refractivity contribution in [2.75, 3.05) is 5.32 Å². The Hall–Kier alpha value is -3.36. The molecule has 3 aromatic heterocycles. The molecule has 0 aliphatic rings. The van der Waals surface area contributed by atoms with E-state index in [1.54, 1.807) is 12.1 Å². The number of carbonyl (C=O) groups excluding carboxylic acids is 1. The van der Waals surface area contributed by atoms with E-state index in [0.717, 1.165) is 27.0 Å². The number of benzene rings is 2. The molecule has 0 fully saturated rings. The maximum Gasteiger partial charge on any atom is 0.267 e. The van der Waals surface area contributed by atoms with E-state index < -0.39 is 0 Å². The zero-order chi connectivity index (χ0) is 21.4. The number of nitrogens with zero attached hydrogens (tertiary/aromatic N) is 3. The Balaban J connectivity index is 1.37. The molecule has 0 aliphatic heterocycles. The van der Waals surface area contributed by atoms with Gasteiger partial charge in [0.25, 0.3) is 5.91 Å². The summed E-state index contributed by atoms with van der Waals surface area (Å²) in [5, 5.41) is 10.8. The Morgan fingerprint density at radius 3 is 2.68 bits per heavy atom. The number of hydrogen-bond donors (Lipinski definition) is 1. The molecule has 0 saturated carbocycles. The van der Waals surface area contributed by atoms with E-state index in [0.29, 0.717) is 22.2 Å². The first-order valence-corrected chi connectivity index (χ1v) is 11.3. The zero-order valence-electron chi connectivity index (χ0n) is 16.5. The summed E-state index contributed by atoms with van der Waals surface area (Å²) in [5.41, 5.74) is 3.55. The van der Waals surface area contributed by atoms with Crippen molar-refractivity contribution in [1.29, 1.82) is 0 Å². The van der Waals surface area contributed by atoms with Crippen LogP contribution in [-0.4, -0.2) is 20.7 Å². The molecular formula is C23H17FN4OS2. The zero-order valence-corrected chi connectivity index (χ0v) is 18.1. The third-order valence-corrected chi connectivity index (χ3v) is 6.78. The van der Waals surface area contributed by atoms with Gasteiger partial charge in [0.15, 0.2) is 5.13 Å². The molecule has 0 aliphatic carbocycles. The Kier molecular flexibility index (Phi) is 5.09. The summed E-state index contributed by atoms with van der Waals surface area (Å²) in [4.78, 5) is 18.9. The number of aromatic nitrogens is 3. The molecule has 0 spiro atoms. The third kappa shape index (κ3) is 3.99. The fourth-order valence-corrected chi connectivity index (χ4v) is 5.10. The lowest BCUT2D eigenvalue weighted by Gasteiger charge is -2.02. The maximum absolute atomic E-state index is 13.1. The van der Waals surface area contributed by atoms with E-state index >= 15 is 0 Å². The van der Waals surface area contributed by atoms with Crippen molar-refractivity contribution in [2.45, 2.75) is 13.5 Å². The largest absolute Gasteiger partial charge is 0.297 e. The number of amides is 1. The molecule has 8 heteroatoms. The van der Waals surface area contributed by atoms with Crippen molar-refractivity contribution in [1.82, 2.24) is 14.8 Å². The number of fused-ring (bicyclic) bond motifs is 1. The van der Waals surface area contributed by atoms with Gasteiger partial charge < -0.3 is 0 Å². The molecule has 31 heavy (non-hydrogen) atoms. The minimum atomic E-state index is -0.293. The van der Waals surface area contributed by atoms with E-state index in [-0.39, 0.29) is 11.7 Å². The van der Waals surface area contributed by atoms with Gasteiger partial charge in [-0.1, -0.05) is 30.3 Å². The second-order valence-electron chi connectivity index (χ2n) is 7.06. The van der Waals surface area contributed by atoms with Gasteiger partial charge in [0.05, 0.1) is 22.8 Å². The number of rotatable bonds is 5. The molecule has 0 atom stereocenters. The van der Waals surface area contributed by atoms with Gasteiger partial charge >= 0.3 is 0 Å². The van der Waals surface area contributed by atoms with Gasteiger partial charge in [0.1, 0.15) is 10.6 Å². The smallest absolute Gasteiger partial charge is 0.267 e. The van der Waals surface area contributed by atoms with Gasteiger partial charge in [0.2, 0.25) is 0 Å². The second kappa shape index (κ2) is 8.05. The molecule has 0 saturated heterocycles. The molecule has 0 unspecified atom stereocenters. The van der Waals surface area contributed by atoms with E-state index in [1.807, 2.05) is 41.3 Å². The Morgan fingerprint density at radius 2 is 1.90 bits per heavy atom. The number of hydrogen-bond acceptors (Lipinski definition) is 5. The van der Waals surface area contributed by atoms with Gasteiger partial charge in [0, 0.05) is 16.3 Å². The number of anilines is 1. The molecule has 154 valence electrons. The minimum Gasteiger partial charge on any atom is -0.297 e. The lowest BCUT2D eigenvalue weighted by molar-refractivity contribution is 0.103. The van der Waals surface area contributed by atoms with Crippen LogP contribution in [0.2, 0.25) is 0 Å². The van der Waals surface area contributed by atoms with Crippen LogP contribution in [-0.2, 0) is 6.54 Å². The van der Waals surface area contributed by atoms with Gasteiger partial charge in [-0.25, -0.2) is 9.37 Å². The molecular weight excluding hydrogens is 431 g/mol. The lowest BCUT2D eigenvalue weighted by Crippen LogP contribution is -2.09. The van der Waals surface area contributed by atoms with Crippen LogP contribution >= 0.6 is 22.7 Å². The highest BCUT2D eigenvalue weighted by Crippen LogP contribution is 2.30. The monoisotopic (exact) mass is 448 g/mol. The summed E-state index contributed by atoms with van der Waals surface area (Å²) >= 11 is 2.76. The quantitative estimate of drug-likeness (QED) is 0.360. The molecule has 5 nitrogen and oxygen atoms in total. The molecule has 3 heterocycles. The van der Waals surface area contributed by atoms with Crippen LogP contribution < -0.4 is 5.32 Å². The highest BCUT2D eigenvalue weighted by atomic mass is 32.1. The van der Waals surface area contributed by atoms with Gasteiger partial charge in [-0.05, 0) is 42.8 Å². The number of nitrogens with one attached hydrogen (secondary N) is 1. The van der Waals surface area contributed by atoms with E-state index in [9.17, 15) is 9.18 Å². The highest BCUT2D eigenvalue weighted by Gasteiger charge is 2.18. The molecule has 1 N–H and O–H groups in total. The fourth-order valence-electron chi connectivity index (χ4n) is 3.33. The lowest BCUT2D eigenvalue weighted by atomic mass is 10.2. The number of thiazole rings is 1. The van der Waals surface area contributed by atoms with Gasteiger partial charge in [-0.2, -0.15) is 5.10 Å². The summed E-state index contributed by atoms with van der Waals surface area (Å²) in [6.45, 7) is 2.61. The molecule has 0 bridgehead atoms. The summed E-state index contributed by atoms with van der Waals surface area (Å²) in [7, 11) is 0. The number of carbonyl (C=O) groups is 1. The van der Waals surface area contributed by atoms with Crippen LogP contribution in [0.15, 0.2) is 66.0 Å². The average Bonchev–Trinajstić information content (AvgIpc) is 3.47. The van der Waals surface area contributed by atoms with E-state index in [1.165, 1.54) is 34.8 Å². The summed E-state index contributed by atoms with van der Waals surface area (Å²) in [6.07, 6.45) is 0. The molecule has 1 amide bonds. The average molecular weight is 449 g/mol. The van der Waals surface area contributed by atoms with Crippen molar-refractivity contribution >= 4 is 43.9 Å². The Bertz CT molecular complexity index is 1370. The first kappa shape index (κ1) is 19.6. The normalized spacial score (nSPS) is 11.2. The summed E-state index contributed by atoms with van der Waals surface area (Å²) in [6, 6.07) is 18.1. The van der Waals surface area contributed by atoms with Crippen molar-refractivity contribution in [3.8, 4) is 11.3 Å². The molecule has 2 aromatic carbocycles.